The third kappa shape index (κ3) is 2.34. The summed E-state index contributed by atoms with van der Waals surface area (Å²) in [6, 6.07) is 5.57. The lowest BCUT2D eigenvalue weighted by Gasteiger charge is -2.28. The van der Waals surface area contributed by atoms with Crippen molar-refractivity contribution in [1.82, 2.24) is 5.32 Å². The molecule has 1 aromatic rings. The Labute approximate surface area is 105 Å². The molecule has 90 valence electrons. The molecular weight excluding hydrogens is 238 g/mol. The minimum atomic E-state index is -0.201. The predicted molar refractivity (Wildman–Crippen MR) is 65.9 cm³/mol. The summed E-state index contributed by atoms with van der Waals surface area (Å²) in [5.41, 5.74) is 2.06. The average Bonchev–Trinajstić information content (AvgIpc) is 2.24. The van der Waals surface area contributed by atoms with Gasteiger partial charge in [-0.25, -0.2) is 0 Å². The standard InChI is InChI=1S/C13H14ClNO2/c1-7-5-9(14)3-4-10(7)11-6-12(16)15-13(17)8(11)2/h3-5,8,11H,6H2,1-2H3,(H,15,16,17). The van der Waals surface area contributed by atoms with Crippen LogP contribution >= 0.6 is 11.6 Å². The molecule has 2 amide bonds. The fraction of sp³-hybridized carbons (Fsp3) is 0.385. The SMILES string of the molecule is Cc1cc(Cl)ccc1C1CC(=O)NC(=O)C1C. The highest BCUT2D eigenvalue weighted by Crippen LogP contribution is 2.33. The normalized spacial score (nSPS) is 24.6. The third-order valence-electron chi connectivity index (χ3n) is 3.32. The Morgan fingerprint density at radius 1 is 1.35 bits per heavy atom. The summed E-state index contributed by atoms with van der Waals surface area (Å²) in [6.07, 6.45) is 0.357. The Hall–Kier alpha value is -1.35. The lowest BCUT2D eigenvalue weighted by molar-refractivity contribution is -0.136. The minimum absolute atomic E-state index is 0.0477. The maximum atomic E-state index is 11.6. The van der Waals surface area contributed by atoms with E-state index in [1.54, 1.807) is 6.07 Å². The Bertz CT molecular complexity index is 484. The Kier molecular flexibility index (Phi) is 3.20. The van der Waals surface area contributed by atoms with Crippen LogP contribution in [0.15, 0.2) is 18.2 Å². The first-order chi connectivity index (χ1) is 7.99. The van der Waals surface area contributed by atoms with Gasteiger partial charge in [0, 0.05) is 23.3 Å². The van der Waals surface area contributed by atoms with Gasteiger partial charge in [0.25, 0.3) is 0 Å². The van der Waals surface area contributed by atoms with Gasteiger partial charge in [0.2, 0.25) is 11.8 Å². The van der Waals surface area contributed by atoms with Gasteiger partial charge < -0.3 is 0 Å². The first-order valence-corrected chi connectivity index (χ1v) is 5.96. The van der Waals surface area contributed by atoms with E-state index in [9.17, 15) is 9.59 Å². The molecule has 2 rings (SSSR count). The second kappa shape index (κ2) is 4.49. The molecule has 1 fully saturated rings. The fourth-order valence-electron chi connectivity index (χ4n) is 2.30. The number of imide groups is 1. The number of hydrogen-bond acceptors (Lipinski definition) is 2. The molecule has 1 aliphatic rings. The van der Waals surface area contributed by atoms with Crippen LogP contribution < -0.4 is 5.32 Å². The first-order valence-electron chi connectivity index (χ1n) is 5.59. The second-order valence-electron chi connectivity index (χ2n) is 4.51. The highest BCUT2D eigenvalue weighted by molar-refractivity contribution is 6.30. The van der Waals surface area contributed by atoms with Gasteiger partial charge >= 0.3 is 0 Å². The highest BCUT2D eigenvalue weighted by atomic mass is 35.5. The number of nitrogens with one attached hydrogen (secondary N) is 1. The molecule has 17 heavy (non-hydrogen) atoms. The molecule has 1 aromatic carbocycles. The van der Waals surface area contributed by atoms with Crippen molar-refractivity contribution >= 4 is 23.4 Å². The van der Waals surface area contributed by atoms with Crippen LogP contribution in [0.3, 0.4) is 0 Å². The molecule has 1 aliphatic heterocycles. The van der Waals surface area contributed by atoms with Crippen molar-refractivity contribution in [2.75, 3.05) is 0 Å². The molecule has 0 aromatic heterocycles. The smallest absolute Gasteiger partial charge is 0.230 e. The van der Waals surface area contributed by atoms with Crippen LogP contribution in [0.2, 0.25) is 5.02 Å². The van der Waals surface area contributed by atoms with Crippen molar-refractivity contribution in [3.05, 3.63) is 34.3 Å². The third-order valence-corrected chi connectivity index (χ3v) is 3.55. The van der Waals surface area contributed by atoms with E-state index in [1.165, 1.54) is 0 Å². The summed E-state index contributed by atoms with van der Waals surface area (Å²) in [5.74, 6) is -0.630. The zero-order chi connectivity index (χ0) is 12.6. The summed E-state index contributed by atoms with van der Waals surface area (Å²) in [7, 11) is 0. The van der Waals surface area contributed by atoms with Crippen molar-refractivity contribution in [2.24, 2.45) is 5.92 Å². The number of piperidine rings is 1. The molecule has 1 N–H and O–H groups in total. The van der Waals surface area contributed by atoms with Crippen LogP contribution in [0.25, 0.3) is 0 Å². The lowest BCUT2D eigenvalue weighted by Crippen LogP contribution is -2.43. The van der Waals surface area contributed by atoms with Gasteiger partial charge in [-0.2, -0.15) is 0 Å². The summed E-state index contributed by atoms with van der Waals surface area (Å²) >= 11 is 5.90. The van der Waals surface area contributed by atoms with E-state index in [0.29, 0.717) is 11.4 Å². The Morgan fingerprint density at radius 3 is 2.71 bits per heavy atom. The van der Waals surface area contributed by atoms with Gasteiger partial charge in [-0.15, -0.1) is 0 Å². The quantitative estimate of drug-likeness (QED) is 0.779. The number of carbonyl (C=O) groups excluding carboxylic acids is 2. The monoisotopic (exact) mass is 251 g/mol. The maximum Gasteiger partial charge on any atom is 0.230 e. The Balaban J connectivity index is 2.37. The molecule has 1 saturated heterocycles. The molecule has 0 bridgehead atoms. The Morgan fingerprint density at radius 2 is 2.06 bits per heavy atom. The fourth-order valence-corrected chi connectivity index (χ4v) is 2.52. The van der Waals surface area contributed by atoms with Crippen LogP contribution in [-0.2, 0) is 9.59 Å². The van der Waals surface area contributed by atoms with Gasteiger partial charge in [-0.1, -0.05) is 24.6 Å². The molecule has 0 spiro atoms. The van der Waals surface area contributed by atoms with E-state index in [1.807, 2.05) is 26.0 Å². The number of carbonyl (C=O) groups is 2. The number of rotatable bonds is 1. The number of aryl methyl sites for hydroxylation is 1. The van der Waals surface area contributed by atoms with Gasteiger partial charge in [-0.05, 0) is 30.2 Å². The van der Waals surface area contributed by atoms with Gasteiger partial charge in [0.1, 0.15) is 0 Å². The number of hydrogen-bond donors (Lipinski definition) is 1. The van der Waals surface area contributed by atoms with E-state index in [4.69, 9.17) is 11.6 Å². The predicted octanol–water partition coefficient (Wildman–Crippen LogP) is 2.41. The van der Waals surface area contributed by atoms with E-state index >= 15 is 0 Å². The largest absolute Gasteiger partial charge is 0.296 e. The summed E-state index contributed by atoms with van der Waals surface area (Å²) in [6.45, 7) is 3.80. The molecule has 2 unspecified atom stereocenters. The molecule has 2 atom stereocenters. The molecule has 0 saturated carbocycles. The topological polar surface area (TPSA) is 46.2 Å². The van der Waals surface area contributed by atoms with Crippen molar-refractivity contribution in [3.63, 3.8) is 0 Å². The highest BCUT2D eigenvalue weighted by Gasteiger charge is 2.34. The van der Waals surface area contributed by atoms with E-state index in [2.05, 4.69) is 5.32 Å². The zero-order valence-corrected chi connectivity index (χ0v) is 10.5. The van der Waals surface area contributed by atoms with E-state index < -0.39 is 0 Å². The summed E-state index contributed by atoms with van der Waals surface area (Å²) in [5, 5.41) is 3.03. The van der Waals surface area contributed by atoms with Gasteiger partial charge in [0.15, 0.2) is 0 Å². The first kappa shape index (κ1) is 12.1. The molecule has 3 nitrogen and oxygen atoms in total. The van der Waals surface area contributed by atoms with Gasteiger partial charge in [-0.3, -0.25) is 14.9 Å². The molecular formula is C13H14ClNO2. The maximum absolute atomic E-state index is 11.6. The van der Waals surface area contributed by atoms with Crippen LogP contribution in [0, 0.1) is 12.8 Å². The second-order valence-corrected chi connectivity index (χ2v) is 4.95. The van der Waals surface area contributed by atoms with Gasteiger partial charge in [0.05, 0.1) is 0 Å². The van der Waals surface area contributed by atoms with Crippen molar-refractivity contribution < 1.29 is 9.59 Å². The van der Waals surface area contributed by atoms with E-state index in [0.717, 1.165) is 11.1 Å². The van der Waals surface area contributed by atoms with Crippen molar-refractivity contribution in [1.29, 1.82) is 0 Å². The number of amides is 2. The minimum Gasteiger partial charge on any atom is -0.296 e. The summed E-state index contributed by atoms with van der Waals surface area (Å²) < 4.78 is 0. The molecule has 1 heterocycles. The van der Waals surface area contributed by atoms with E-state index in [-0.39, 0.29) is 23.7 Å². The number of halogens is 1. The molecule has 4 heteroatoms. The van der Waals surface area contributed by atoms with Crippen LogP contribution in [0.1, 0.15) is 30.4 Å². The van der Waals surface area contributed by atoms with Crippen LogP contribution in [0.5, 0.6) is 0 Å². The average molecular weight is 252 g/mol. The number of benzene rings is 1. The molecule has 0 aliphatic carbocycles. The zero-order valence-electron chi connectivity index (χ0n) is 9.79. The summed E-state index contributed by atoms with van der Waals surface area (Å²) in [4.78, 5) is 23.0. The van der Waals surface area contributed by atoms with Crippen molar-refractivity contribution in [3.8, 4) is 0 Å². The van der Waals surface area contributed by atoms with Crippen LogP contribution in [0.4, 0.5) is 0 Å². The van der Waals surface area contributed by atoms with Crippen molar-refractivity contribution in [2.45, 2.75) is 26.2 Å². The lowest BCUT2D eigenvalue weighted by atomic mass is 9.80. The van der Waals surface area contributed by atoms with Crippen LogP contribution in [-0.4, -0.2) is 11.8 Å². The molecule has 0 radical (unpaired) electrons.